The van der Waals surface area contributed by atoms with Gasteiger partial charge in [0, 0.05) is 93.0 Å². The molecule has 346 valence electrons. The van der Waals surface area contributed by atoms with E-state index in [0.717, 1.165) is 70.7 Å². The second-order valence-electron chi connectivity index (χ2n) is 18.0. The molecule has 0 aliphatic carbocycles. The summed E-state index contributed by atoms with van der Waals surface area (Å²) in [7, 11) is 2.10. The van der Waals surface area contributed by atoms with Crippen LogP contribution >= 0.6 is 0 Å². The molecule has 3 N–H and O–H groups in total. The summed E-state index contributed by atoms with van der Waals surface area (Å²) < 4.78 is 31.0. The highest BCUT2D eigenvalue weighted by Crippen LogP contribution is 2.40. The van der Waals surface area contributed by atoms with Crippen molar-refractivity contribution >= 4 is 34.0 Å². The van der Waals surface area contributed by atoms with Crippen molar-refractivity contribution in [1.29, 1.82) is 0 Å². The van der Waals surface area contributed by atoms with Crippen molar-refractivity contribution in [3.63, 3.8) is 0 Å². The van der Waals surface area contributed by atoms with Crippen LogP contribution in [0.15, 0.2) is 104 Å². The highest BCUT2D eigenvalue weighted by Gasteiger charge is 2.41. The van der Waals surface area contributed by atoms with E-state index in [2.05, 4.69) is 64.6 Å². The summed E-state index contributed by atoms with van der Waals surface area (Å²) >= 11 is 0. The number of likely N-dealkylation sites (N-methyl/N-ethyl adjacent to an activating group) is 1. The molecule has 2 amide bonds. The van der Waals surface area contributed by atoms with Gasteiger partial charge in [-0.1, -0.05) is 62.4 Å². The van der Waals surface area contributed by atoms with Gasteiger partial charge in [0.05, 0.1) is 63.5 Å². The van der Waals surface area contributed by atoms with Crippen LogP contribution in [-0.2, 0) is 35.6 Å². The molecule has 0 spiro atoms. The van der Waals surface area contributed by atoms with Crippen LogP contribution in [0.25, 0.3) is 10.8 Å². The molecule has 5 aromatic rings. The van der Waals surface area contributed by atoms with E-state index in [1.165, 1.54) is 12.1 Å². The highest BCUT2D eigenvalue weighted by molar-refractivity contribution is 5.98. The van der Waals surface area contributed by atoms with Crippen molar-refractivity contribution < 1.29 is 28.2 Å². The van der Waals surface area contributed by atoms with E-state index in [0.29, 0.717) is 72.2 Å². The molecular formula is C51H65FN8O5. The standard InChI is InChI=1S/C51H65FN8O5/c1-37-33-59(35-48(61)60-36-51(2,3)49-47(60)27-39(29-56-49)26-38-10-13-43(52)14-11-38)45(31-55-37)34-58(4)19-21-64-23-25-65-24-22-63-20-18-54-32-46(40-8-6-5-7-9-40)50(62)57-44-15-12-42-30-53-17-16-41(42)28-44/h5-17,27-30,37,45-46,54-55H,18-26,31-36H2,1-4H3,(H,57,62)/t37-,45-,46-/m1/s1. The Kier molecular flexibility index (Phi) is 17.1. The number of carbonyl (C=O) groups excluding carboxylic acids is 2. The van der Waals surface area contributed by atoms with Gasteiger partial charge in [0.1, 0.15) is 5.82 Å². The van der Waals surface area contributed by atoms with Gasteiger partial charge in [-0.2, -0.15) is 0 Å². The number of nitrogens with one attached hydrogen (secondary N) is 3. The number of ether oxygens (including phenoxy) is 3. The zero-order valence-electron chi connectivity index (χ0n) is 38.3. The summed E-state index contributed by atoms with van der Waals surface area (Å²) in [6, 6.07) is 26.6. The van der Waals surface area contributed by atoms with Crippen molar-refractivity contribution in [2.24, 2.45) is 0 Å². The zero-order chi connectivity index (χ0) is 45.6. The van der Waals surface area contributed by atoms with Gasteiger partial charge in [0.2, 0.25) is 11.8 Å². The fourth-order valence-electron chi connectivity index (χ4n) is 8.64. The van der Waals surface area contributed by atoms with Gasteiger partial charge < -0.3 is 40.0 Å². The maximum Gasteiger partial charge on any atom is 0.241 e. The number of carbonyl (C=O) groups is 2. The molecular weight excluding hydrogens is 824 g/mol. The molecule has 65 heavy (non-hydrogen) atoms. The first kappa shape index (κ1) is 47.8. The van der Waals surface area contributed by atoms with Crippen LogP contribution in [0.5, 0.6) is 0 Å². The highest BCUT2D eigenvalue weighted by atomic mass is 19.1. The molecule has 0 radical (unpaired) electrons. The number of halogens is 1. The Morgan fingerprint density at radius 2 is 1.66 bits per heavy atom. The monoisotopic (exact) mass is 889 g/mol. The molecule has 7 rings (SSSR count). The van der Waals surface area contributed by atoms with E-state index in [1.54, 1.807) is 18.3 Å². The lowest BCUT2D eigenvalue weighted by Gasteiger charge is -2.41. The number of fused-ring (bicyclic) bond motifs is 2. The molecule has 0 unspecified atom stereocenters. The maximum atomic E-state index is 14.1. The van der Waals surface area contributed by atoms with Crippen LogP contribution in [0.4, 0.5) is 15.8 Å². The normalized spacial score (nSPS) is 17.7. The Hall–Kier alpha value is -5.19. The van der Waals surface area contributed by atoms with E-state index in [1.807, 2.05) is 71.9 Å². The lowest BCUT2D eigenvalue weighted by molar-refractivity contribution is -0.121. The molecule has 2 aliphatic rings. The number of benzene rings is 3. The number of amides is 2. The number of aromatic nitrogens is 2. The summed E-state index contributed by atoms with van der Waals surface area (Å²) in [6.45, 7) is 14.5. The summed E-state index contributed by atoms with van der Waals surface area (Å²) in [5.74, 6) is -0.618. The van der Waals surface area contributed by atoms with Gasteiger partial charge in [-0.05, 0) is 78.9 Å². The summed E-state index contributed by atoms with van der Waals surface area (Å²) in [4.78, 5) is 43.0. The summed E-state index contributed by atoms with van der Waals surface area (Å²) in [5, 5.41) is 12.1. The Balaban J connectivity index is 0.762. The fourth-order valence-corrected chi connectivity index (χ4v) is 8.64. The minimum absolute atomic E-state index is 0.0735. The molecule has 0 saturated carbocycles. The predicted molar refractivity (Wildman–Crippen MR) is 254 cm³/mol. The van der Waals surface area contributed by atoms with Gasteiger partial charge in [-0.25, -0.2) is 4.39 Å². The van der Waals surface area contributed by atoms with E-state index < -0.39 is 0 Å². The smallest absolute Gasteiger partial charge is 0.241 e. The van der Waals surface area contributed by atoms with Gasteiger partial charge in [-0.15, -0.1) is 0 Å². The molecule has 13 nitrogen and oxygen atoms in total. The summed E-state index contributed by atoms with van der Waals surface area (Å²) in [5.41, 5.74) is 5.24. The predicted octanol–water partition coefficient (Wildman–Crippen LogP) is 5.64. The van der Waals surface area contributed by atoms with E-state index in [9.17, 15) is 14.0 Å². The number of hydrogen-bond acceptors (Lipinski definition) is 11. The average molecular weight is 889 g/mol. The van der Waals surface area contributed by atoms with E-state index in [4.69, 9.17) is 19.2 Å². The first-order valence-electron chi connectivity index (χ1n) is 22.9. The molecule has 14 heteroatoms. The van der Waals surface area contributed by atoms with Crippen molar-refractivity contribution in [2.45, 2.75) is 50.6 Å². The third-order valence-electron chi connectivity index (χ3n) is 12.2. The SMILES string of the molecule is C[C@@H]1CN(CC(=O)N2CC(C)(C)c3ncc(Cc4ccc(F)cc4)cc32)[C@@H](CN(C)CCOCCOCCOCCNC[C@@H](C(=O)Nc2ccc3cnccc3c2)c2ccccc2)CN1. The third kappa shape index (κ3) is 13.7. The Bertz CT molecular complexity index is 2300. The molecule has 4 heterocycles. The van der Waals surface area contributed by atoms with Crippen LogP contribution in [0.1, 0.15) is 49.1 Å². The van der Waals surface area contributed by atoms with Crippen molar-refractivity contribution in [3.8, 4) is 0 Å². The number of pyridine rings is 2. The van der Waals surface area contributed by atoms with Crippen molar-refractivity contribution in [1.82, 2.24) is 30.4 Å². The first-order valence-corrected chi connectivity index (χ1v) is 22.9. The second-order valence-corrected chi connectivity index (χ2v) is 18.0. The molecule has 3 atom stereocenters. The maximum absolute atomic E-state index is 14.1. The second kappa shape index (κ2) is 23.3. The molecule has 2 aliphatic heterocycles. The minimum atomic E-state index is -0.367. The largest absolute Gasteiger partial charge is 0.378 e. The van der Waals surface area contributed by atoms with Crippen LogP contribution in [0.3, 0.4) is 0 Å². The lowest BCUT2D eigenvalue weighted by Crippen LogP contribution is -2.60. The van der Waals surface area contributed by atoms with Gasteiger partial charge in [0.15, 0.2) is 0 Å². The number of hydrogen-bond donors (Lipinski definition) is 3. The summed E-state index contributed by atoms with van der Waals surface area (Å²) in [6.07, 6.45) is 6.06. The number of piperazine rings is 1. The molecule has 2 aromatic heterocycles. The average Bonchev–Trinajstić information content (AvgIpc) is 3.57. The number of rotatable bonds is 23. The minimum Gasteiger partial charge on any atom is -0.378 e. The molecule has 1 saturated heterocycles. The lowest BCUT2D eigenvalue weighted by atomic mass is 9.91. The third-order valence-corrected chi connectivity index (χ3v) is 12.2. The van der Waals surface area contributed by atoms with Gasteiger partial charge >= 0.3 is 0 Å². The van der Waals surface area contributed by atoms with Gasteiger partial charge in [0.25, 0.3) is 0 Å². The van der Waals surface area contributed by atoms with Crippen LogP contribution in [-0.4, -0.2) is 143 Å². The van der Waals surface area contributed by atoms with E-state index >= 15 is 0 Å². The number of nitrogens with zero attached hydrogens (tertiary/aromatic N) is 5. The van der Waals surface area contributed by atoms with Gasteiger partial charge in [-0.3, -0.25) is 24.5 Å². The molecule has 1 fully saturated rings. The molecule has 0 bridgehead atoms. The Labute approximate surface area is 383 Å². The topological polar surface area (TPSA) is 133 Å². The zero-order valence-corrected chi connectivity index (χ0v) is 38.3. The van der Waals surface area contributed by atoms with E-state index in [-0.39, 0.29) is 41.0 Å². The van der Waals surface area contributed by atoms with Crippen LogP contribution in [0.2, 0.25) is 0 Å². The van der Waals surface area contributed by atoms with Crippen LogP contribution < -0.4 is 20.9 Å². The first-order chi connectivity index (χ1) is 31.5. The fraction of sp³-hybridized carbons (Fsp3) is 0.451. The van der Waals surface area contributed by atoms with Crippen LogP contribution in [0, 0.1) is 5.82 Å². The molecule has 3 aromatic carbocycles. The quantitative estimate of drug-likeness (QED) is 0.0705. The Morgan fingerprint density at radius 1 is 0.908 bits per heavy atom. The Morgan fingerprint density at radius 3 is 2.45 bits per heavy atom. The van der Waals surface area contributed by atoms with Crippen molar-refractivity contribution in [3.05, 3.63) is 132 Å². The van der Waals surface area contributed by atoms with Crippen molar-refractivity contribution in [2.75, 3.05) is 109 Å². The number of anilines is 2.